The van der Waals surface area contributed by atoms with Crippen molar-refractivity contribution in [2.45, 2.75) is 30.7 Å². The van der Waals surface area contributed by atoms with Gasteiger partial charge >= 0.3 is 24.5 Å². The molecule has 10 nitrogen and oxygen atoms in total. The Kier molecular flexibility index (Phi) is 9.37. The third-order valence-corrected chi connectivity index (χ3v) is 5.90. The topological polar surface area (TPSA) is 137 Å². The number of amides is 4. The molecule has 1 fully saturated rings. The van der Waals surface area contributed by atoms with E-state index in [9.17, 15) is 45.8 Å². The van der Waals surface area contributed by atoms with Crippen molar-refractivity contribution in [3.8, 4) is 0 Å². The van der Waals surface area contributed by atoms with Gasteiger partial charge < -0.3 is 20.9 Å². The standard InChI is InChI=1S/C23H22ClF6N5O5/c24-15-6-4-12(5-7-15)19-33-35(21(39)34(19)9-17(36)23(28,29)30)10-18(37)32-16(11-40-20(31)38)13-2-1-3-14(8-13)22(25,26)27/h1-8,16-17,19,33,36H,9-11H2,(H2,31,38)(H,32,37). The number of aliphatic hydroxyl groups is 1. The molecule has 0 aromatic heterocycles. The Bertz CT molecular complexity index is 1230. The maximum Gasteiger partial charge on any atom is 0.416 e. The van der Waals surface area contributed by atoms with E-state index in [-0.39, 0.29) is 11.1 Å². The number of primary amides is 1. The van der Waals surface area contributed by atoms with Gasteiger partial charge in [0.25, 0.3) is 0 Å². The quantitative estimate of drug-likeness (QED) is 0.327. The number of alkyl halides is 6. The number of ether oxygens (including phenoxy) is 1. The van der Waals surface area contributed by atoms with Gasteiger partial charge in [0, 0.05) is 5.02 Å². The molecule has 1 saturated heterocycles. The van der Waals surface area contributed by atoms with E-state index in [4.69, 9.17) is 17.3 Å². The molecule has 0 bridgehead atoms. The molecular formula is C23H22ClF6N5O5. The van der Waals surface area contributed by atoms with Crippen LogP contribution in [-0.4, -0.2) is 65.0 Å². The SMILES string of the molecule is NC(=O)OCC(NC(=O)CN1NC(c2ccc(Cl)cc2)N(CC(O)C(F)(F)F)C1=O)c1cccc(C(F)(F)F)c1. The summed E-state index contributed by atoms with van der Waals surface area (Å²) in [6.07, 6.45) is -15.2. The van der Waals surface area contributed by atoms with Crippen LogP contribution in [0.4, 0.5) is 35.9 Å². The van der Waals surface area contributed by atoms with Crippen LogP contribution in [0.5, 0.6) is 0 Å². The number of halogens is 7. The fourth-order valence-electron chi connectivity index (χ4n) is 3.73. The molecule has 2 aromatic rings. The van der Waals surface area contributed by atoms with Crippen LogP contribution in [-0.2, 0) is 15.7 Å². The van der Waals surface area contributed by atoms with Crippen LogP contribution in [0, 0.1) is 0 Å². The fourth-order valence-corrected chi connectivity index (χ4v) is 3.85. The highest BCUT2D eigenvalue weighted by Gasteiger charge is 2.46. The molecular weight excluding hydrogens is 576 g/mol. The van der Waals surface area contributed by atoms with Crippen LogP contribution < -0.4 is 16.5 Å². The Morgan fingerprint density at radius 3 is 2.35 bits per heavy atom. The summed E-state index contributed by atoms with van der Waals surface area (Å²) in [5.74, 6) is -0.982. The first-order valence-corrected chi connectivity index (χ1v) is 11.7. The molecule has 2 aromatic carbocycles. The number of hydrogen-bond donors (Lipinski definition) is 4. The van der Waals surface area contributed by atoms with Gasteiger partial charge in [-0.1, -0.05) is 35.9 Å². The summed E-state index contributed by atoms with van der Waals surface area (Å²) in [7, 11) is 0. The second-order valence-corrected chi connectivity index (χ2v) is 8.97. The van der Waals surface area contributed by atoms with E-state index in [1.54, 1.807) is 0 Å². The van der Waals surface area contributed by atoms with Crippen LogP contribution in [0.25, 0.3) is 0 Å². The summed E-state index contributed by atoms with van der Waals surface area (Å²) in [6, 6.07) is 6.98. The Labute approximate surface area is 227 Å². The third-order valence-electron chi connectivity index (χ3n) is 5.65. The largest absolute Gasteiger partial charge is 0.447 e. The molecule has 0 aliphatic carbocycles. The van der Waals surface area contributed by atoms with Crippen LogP contribution in [0.2, 0.25) is 5.02 Å². The molecule has 0 spiro atoms. The van der Waals surface area contributed by atoms with E-state index in [1.807, 2.05) is 0 Å². The predicted octanol–water partition coefficient (Wildman–Crippen LogP) is 3.48. The summed E-state index contributed by atoms with van der Waals surface area (Å²) in [4.78, 5) is 37.5. The molecule has 3 unspecified atom stereocenters. The number of β-amino-alcohol motifs (C(OH)–C–C–N with tert-alkyl or cyclic N) is 1. The molecule has 40 heavy (non-hydrogen) atoms. The highest BCUT2D eigenvalue weighted by molar-refractivity contribution is 6.30. The summed E-state index contributed by atoms with van der Waals surface area (Å²) < 4.78 is 83.3. The van der Waals surface area contributed by atoms with Crippen molar-refractivity contribution in [2.75, 3.05) is 19.7 Å². The van der Waals surface area contributed by atoms with Crippen molar-refractivity contribution in [3.05, 3.63) is 70.2 Å². The van der Waals surface area contributed by atoms with Crippen molar-refractivity contribution in [1.82, 2.24) is 20.7 Å². The minimum atomic E-state index is -5.05. The lowest BCUT2D eigenvalue weighted by Crippen LogP contribution is -2.46. The fraction of sp³-hybridized carbons (Fsp3) is 0.348. The molecule has 3 rings (SSSR count). The maximum absolute atomic E-state index is 13.2. The van der Waals surface area contributed by atoms with Crippen molar-refractivity contribution in [3.63, 3.8) is 0 Å². The highest BCUT2D eigenvalue weighted by Crippen LogP contribution is 2.32. The van der Waals surface area contributed by atoms with Crippen LogP contribution in [0.3, 0.4) is 0 Å². The van der Waals surface area contributed by atoms with Gasteiger partial charge in [-0.2, -0.15) is 26.3 Å². The number of nitrogens with zero attached hydrogens (tertiary/aromatic N) is 2. The Morgan fingerprint density at radius 1 is 1.12 bits per heavy atom. The average Bonchev–Trinajstić information content (AvgIpc) is 3.15. The maximum atomic E-state index is 13.2. The molecule has 4 amide bonds. The van der Waals surface area contributed by atoms with Gasteiger partial charge in [0.1, 0.15) is 19.3 Å². The number of nitrogens with one attached hydrogen (secondary N) is 2. The van der Waals surface area contributed by atoms with E-state index in [0.29, 0.717) is 21.0 Å². The second kappa shape index (κ2) is 12.2. The van der Waals surface area contributed by atoms with Crippen molar-refractivity contribution < 1.29 is 50.6 Å². The summed E-state index contributed by atoms with van der Waals surface area (Å²) >= 11 is 5.85. The van der Waals surface area contributed by atoms with Crippen LogP contribution >= 0.6 is 11.6 Å². The molecule has 3 atom stereocenters. The molecule has 0 radical (unpaired) electrons. The molecule has 5 N–H and O–H groups in total. The molecule has 1 heterocycles. The molecule has 17 heteroatoms. The van der Waals surface area contributed by atoms with Gasteiger partial charge in [-0.15, -0.1) is 0 Å². The summed E-state index contributed by atoms with van der Waals surface area (Å²) in [5.41, 5.74) is 6.62. The Balaban J connectivity index is 1.81. The van der Waals surface area contributed by atoms with Crippen molar-refractivity contribution >= 4 is 29.6 Å². The lowest BCUT2D eigenvalue weighted by atomic mass is 10.0. The average molecular weight is 598 g/mol. The lowest BCUT2D eigenvalue weighted by molar-refractivity contribution is -0.207. The Morgan fingerprint density at radius 2 is 1.77 bits per heavy atom. The number of aliphatic hydroxyl groups excluding tert-OH is 1. The second-order valence-electron chi connectivity index (χ2n) is 8.54. The van der Waals surface area contributed by atoms with Gasteiger partial charge in [-0.3, -0.25) is 9.69 Å². The van der Waals surface area contributed by atoms with Gasteiger partial charge in [0.2, 0.25) is 5.91 Å². The number of hydrogen-bond acceptors (Lipinski definition) is 6. The summed E-state index contributed by atoms with van der Waals surface area (Å²) in [5, 5.41) is 12.8. The predicted molar refractivity (Wildman–Crippen MR) is 126 cm³/mol. The zero-order valence-electron chi connectivity index (χ0n) is 20.2. The first kappa shape index (κ1) is 30.8. The normalized spacial score (nSPS) is 17.5. The molecule has 1 aliphatic rings. The third kappa shape index (κ3) is 7.89. The molecule has 0 saturated carbocycles. The van der Waals surface area contributed by atoms with E-state index in [2.05, 4.69) is 15.5 Å². The van der Waals surface area contributed by atoms with E-state index >= 15 is 0 Å². The summed E-state index contributed by atoms with van der Waals surface area (Å²) in [6.45, 7) is -2.67. The van der Waals surface area contributed by atoms with E-state index in [0.717, 1.165) is 12.1 Å². The smallest absolute Gasteiger partial charge is 0.416 e. The van der Waals surface area contributed by atoms with Gasteiger partial charge in [0.05, 0.1) is 18.2 Å². The molecule has 218 valence electrons. The van der Waals surface area contributed by atoms with Gasteiger partial charge in [-0.25, -0.2) is 20.0 Å². The number of benzene rings is 2. The van der Waals surface area contributed by atoms with Crippen molar-refractivity contribution in [2.24, 2.45) is 5.73 Å². The first-order chi connectivity index (χ1) is 18.6. The van der Waals surface area contributed by atoms with Crippen LogP contribution in [0.15, 0.2) is 48.5 Å². The van der Waals surface area contributed by atoms with E-state index in [1.165, 1.54) is 30.3 Å². The minimum absolute atomic E-state index is 0.112. The zero-order valence-corrected chi connectivity index (χ0v) is 20.9. The number of carbonyl (C=O) groups is 3. The number of hydrazine groups is 1. The minimum Gasteiger partial charge on any atom is -0.447 e. The van der Waals surface area contributed by atoms with Crippen molar-refractivity contribution in [1.29, 1.82) is 0 Å². The van der Waals surface area contributed by atoms with Gasteiger partial charge in [0.15, 0.2) is 6.10 Å². The zero-order chi connectivity index (χ0) is 29.8. The van der Waals surface area contributed by atoms with Crippen LogP contribution in [0.1, 0.15) is 28.9 Å². The monoisotopic (exact) mass is 597 g/mol. The van der Waals surface area contributed by atoms with Gasteiger partial charge in [-0.05, 0) is 35.4 Å². The lowest BCUT2D eigenvalue weighted by Gasteiger charge is -2.26. The van der Waals surface area contributed by atoms with E-state index < -0.39 is 74.0 Å². The number of urea groups is 1. The Hall–Kier alpha value is -3.76. The first-order valence-electron chi connectivity index (χ1n) is 11.3. The number of nitrogens with two attached hydrogens (primary N) is 1. The number of rotatable bonds is 9. The molecule has 1 aliphatic heterocycles. The number of carbonyl (C=O) groups excluding carboxylic acids is 3. The highest BCUT2D eigenvalue weighted by atomic mass is 35.5.